The first kappa shape index (κ1) is 40.5. The zero-order chi connectivity index (χ0) is 39.5. The number of imidazole rings is 2. The summed E-state index contributed by atoms with van der Waals surface area (Å²) in [5.41, 5.74) is 10.3. The Kier molecular flexibility index (Phi) is 11.0. The molecule has 2 aliphatic heterocycles. The number of phosphoric acid groups is 4. The molecule has 34 heteroatoms. The number of H-pyrrole nitrogens is 1. The van der Waals surface area contributed by atoms with E-state index in [-0.39, 0.29) is 34.1 Å². The molecule has 298 valence electrons. The van der Waals surface area contributed by atoms with Gasteiger partial charge in [0, 0.05) is 0 Å². The van der Waals surface area contributed by atoms with Crippen LogP contribution in [-0.2, 0) is 49.7 Å². The van der Waals surface area contributed by atoms with E-state index in [1.807, 2.05) is 0 Å². The Morgan fingerprint density at radius 1 is 0.685 bits per heavy atom. The Balaban J connectivity index is 1.02. The van der Waals surface area contributed by atoms with E-state index in [1.165, 1.54) is 0 Å². The zero-order valence-electron chi connectivity index (χ0n) is 26.3. The van der Waals surface area contributed by atoms with E-state index in [0.717, 1.165) is 28.1 Å². The number of ether oxygens (including phenoxy) is 2. The summed E-state index contributed by atoms with van der Waals surface area (Å²) in [6, 6.07) is 0. The van der Waals surface area contributed by atoms with Gasteiger partial charge in [-0.3, -0.25) is 28.0 Å². The third-order valence-corrected chi connectivity index (χ3v) is 13.4. The number of aliphatic hydroxyl groups excluding tert-OH is 4. The minimum Gasteiger partial charge on any atom is -0.387 e. The second-order valence-electron chi connectivity index (χ2n) is 11.2. The third kappa shape index (κ3) is 8.47. The Hall–Kier alpha value is -3.18. The van der Waals surface area contributed by atoms with Gasteiger partial charge >= 0.3 is 31.3 Å². The van der Waals surface area contributed by atoms with Crippen LogP contribution >= 0.6 is 31.3 Å². The van der Waals surface area contributed by atoms with Crippen molar-refractivity contribution >= 4 is 65.4 Å². The standard InChI is InChI=1S/C20H28N10O20P4/c21-14-8-15(24-3-23-14)29(4-25-8)18-12(33)10(31)6(46-18)1-44-51(36,37)48-53(40,41)50-54(42,43)49-52(38,39)45-2-7-11(32)13(34)19(47-7)30-5-26-9-16(30)27-20(22)28-17(9)35/h3-7,10-13,18-19,31-34H,1-2H2,(H,36,37)(H,38,39)(H,40,41)(H,42,43)(H2,21,23,24)(H3,22,27,28,35)/t6-,7-,10-,11-,12-,13-,18-,19-/m1/s1. The summed E-state index contributed by atoms with van der Waals surface area (Å²) < 4.78 is 83.2. The lowest BCUT2D eigenvalue weighted by Gasteiger charge is -2.21. The Morgan fingerprint density at radius 2 is 1.15 bits per heavy atom. The van der Waals surface area contributed by atoms with Gasteiger partial charge in [0.1, 0.15) is 48.5 Å². The molecule has 0 saturated carbocycles. The number of aromatic nitrogens is 8. The van der Waals surface area contributed by atoms with E-state index in [9.17, 15) is 63.1 Å². The Bertz CT molecular complexity index is 2310. The normalized spacial score (nSPS) is 30.6. The van der Waals surface area contributed by atoms with Crippen LogP contribution in [0.1, 0.15) is 12.5 Å². The van der Waals surface area contributed by atoms with Crippen molar-refractivity contribution in [2.24, 2.45) is 0 Å². The molecule has 2 fully saturated rings. The van der Waals surface area contributed by atoms with Crippen molar-refractivity contribution < 1.29 is 89.7 Å². The number of rotatable bonds is 14. The molecule has 13 N–H and O–H groups in total. The topological polar surface area (TPSA) is 454 Å². The number of phosphoric ester groups is 2. The van der Waals surface area contributed by atoms with Gasteiger partial charge in [0.15, 0.2) is 35.1 Å². The van der Waals surface area contributed by atoms with Gasteiger partial charge in [-0.2, -0.15) is 17.9 Å². The summed E-state index contributed by atoms with van der Waals surface area (Å²) in [5.74, 6) is -0.354. The van der Waals surface area contributed by atoms with Gasteiger partial charge in [0.25, 0.3) is 5.56 Å². The molecule has 6 heterocycles. The Morgan fingerprint density at radius 3 is 1.67 bits per heavy atom. The molecule has 30 nitrogen and oxygen atoms in total. The molecular formula is C20H28N10O20P4. The summed E-state index contributed by atoms with van der Waals surface area (Å²) in [6.45, 7) is -2.29. The van der Waals surface area contributed by atoms with Gasteiger partial charge in [-0.1, -0.05) is 0 Å². The fourth-order valence-electron chi connectivity index (χ4n) is 5.18. The van der Waals surface area contributed by atoms with Crippen molar-refractivity contribution in [2.45, 2.75) is 49.1 Å². The van der Waals surface area contributed by atoms with Crippen LogP contribution in [0.4, 0.5) is 11.8 Å². The lowest BCUT2D eigenvalue weighted by Crippen LogP contribution is -2.33. The second-order valence-corrected chi connectivity index (χ2v) is 17.4. The van der Waals surface area contributed by atoms with Crippen LogP contribution in [0, 0.1) is 0 Å². The van der Waals surface area contributed by atoms with E-state index in [2.05, 4.69) is 51.9 Å². The molecule has 4 aromatic heterocycles. The van der Waals surface area contributed by atoms with Crippen molar-refractivity contribution in [2.75, 3.05) is 24.7 Å². The number of nitrogens with one attached hydrogen (secondary N) is 1. The molecule has 0 bridgehead atoms. The van der Waals surface area contributed by atoms with Crippen LogP contribution in [0.5, 0.6) is 0 Å². The fraction of sp³-hybridized carbons (Fsp3) is 0.500. The van der Waals surface area contributed by atoms with Crippen LogP contribution in [0.3, 0.4) is 0 Å². The van der Waals surface area contributed by atoms with Crippen molar-refractivity contribution in [3.05, 3.63) is 29.3 Å². The predicted molar refractivity (Wildman–Crippen MR) is 169 cm³/mol. The Labute approximate surface area is 297 Å². The molecule has 0 aromatic carbocycles. The number of hydrogen-bond donors (Lipinski definition) is 11. The number of aliphatic hydroxyl groups is 4. The number of anilines is 2. The van der Waals surface area contributed by atoms with Crippen LogP contribution in [0.15, 0.2) is 23.8 Å². The first-order chi connectivity index (χ1) is 25.1. The quantitative estimate of drug-likeness (QED) is 0.0558. The van der Waals surface area contributed by atoms with E-state index in [0.29, 0.717) is 0 Å². The van der Waals surface area contributed by atoms with Crippen LogP contribution in [0.25, 0.3) is 22.3 Å². The average Bonchev–Trinajstić information content (AvgIpc) is 3.79. The van der Waals surface area contributed by atoms with Crippen LogP contribution < -0.4 is 17.0 Å². The molecule has 6 rings (SSSR count). The number of aromatic amines is 1. The predicted octanol–water partition coefficient (Wildman–Crippen LogP) is -3.15. The van der Waals surface area contributed by atoms with E-state index in [1.54, 1.807) is 0 Å². The summed E-state index contributed by atoms with van der Waals surface area (Å²) in [6.07, 6.45) is -10.2. The highest BCUT2D eigenvalue weighted by Gasteiger charge is 2.50. The largest absolute Gasteiger partial charge is 0.490 e. The highest BCUT2D eigenvalue weighted by molar-refractivity contribution is 7.69. The zero-order valence-corrected chi connectivity index (χ0v) is 29.9. The molecule has 2 saturated heterocycles. The maximum atomic E-state index is 12.4. The van der Waals surface area contributed by atoms with Gasteiger partial charge in [-0.15, -0.1) is 0 Å². The number of nitrogens with two attached hydrogens (primary N) is 2. The van der Waals surface area contributed by atoms with Gasteiger partial charge in [0.2, 0.25) is 5.95 Å². The lowest BCUT2D eigenvalue weighted by atomic mass is 10.1. The molecule has 0 aliphatic carbocycles. The summed E-state index contributed by atoms with van der Waals surface area (Å²) in [7, 11) is -24.0. The monoisotopic (exact) mass is 852 g/mol. The molecular weight excluding hydrogens is 824 g/mol. The van der Waals surface area contributed by atoms with E-state index in [4.69, 9.17) is 20.9 Å². The second kappa shape index (κ2) is 14.7. The van der Waals surface area contributed by atoms with E-state index < -0.39 is 99.1 Å². The van der Waals surface area contributed by atoms with Crippen LogP contribution in [0.2, 0.25) is 0 Å². The molecule has 54 heavy (non-hydrogen) atoms. The lowest BCUT2D eigenvalue weighted by molar-refractivity contribution is -0.0505. The van der Waals surface area contributed by atoms with E-state index >= 15 is 0 Å². The summed E-state index contributed by atoms with van der Waals surface area (Å²) in [4.78, 5) is 73.2. The minimum absolute atomic E-state index is 0.0208. The van der Waals surface area contributed by atoms with Gasteiger partial charge in [0.05, 0.1) is 25.9 Å². The molecule has 4 aromatic rings. The number of nitrogens with zero attached hydrogens (tertiary/aromatic N) is 7. The number of hydrogen-bond acceptors (Lipinski definition) is 23. The van der Waals surface area contributed by atoms with Gasteiger partial charge < -0.3 is 60.9 Å². The summed E-state index contributed by atoms with van der Waals surface area (Å²) >= 11 is 0. The summed E-state index contributed by atoms with van der Waals surface area (Å²) in [5, 5.41) is 41.8. The average molecular weight is 852 g/mol. The highest BCUT2D eigenvalue weighted by atomic mass is 31.3. The minimum atomic E-state index is -6.22. The number of fused-ring (bicyclic) bond motifs is 2. The SMILES string of the molecule is Nc1nc2c(ncn2[C@@H]2O[C@H](COP(=O)(O)OP(=O)(O)OP(=O)(O)OP(=O)(O)OC[C@H]3O[C@@H](n4cnc5c(N)ncnc54)[C@H](O)[C@@H]3O)[C@@H](O)[C@H]2O)c(=O)[nH]1. The molecule has 12 atom stereocenters. The maximum absolute atomic E-state index is 12.4. The van der Waals surface area contributed by atoms with Crippen molar-refractivity contribution in [1.82, 2.24) is 39.0 Å². The third-order valence-electron chi connectivity index (χ3n) is 7.48. The molecule has 0 spiro atoms. The van der Waals surface area contributed by atoms with Crippen molar-refractivity contribution in [1.29, 1.82) is 0 Å². The van der Waals surface area contributed by atoms with Crippen molar-refractivity contribution in [3.8, 4) is 0 Å². The van der Waals surface area contributed by atoms with Gasteiger partial charge in [-0.05, 0) is 0 Å². The first-order valence-electron chi connectivity index (χ1n) is 14.5. The molecule has 0 amide bonds. The molecule has 0 radical (unpaired) electrons. The maximum Gasteiger partial charge on any atom is 0.490 e. The molecule has 2 aliphatic rings. The van der Waals surface area contributed by atoms with Crippen LogP contribution in [-0.4, -0.2) is 129 Å². The fourth-order valence-corrected chi connectivity index (χ4v) is 10.1. The van der Waals surface area contributed by atoms with Crippen molar-refractivity contribution in [3.63, 3.8) is 0 Å². The smallest absolute Gasteiger partial charge is 0.387 e. The first-order valence-corrected chi connectivity index (χ1v) is 20.5. The molecule has 4 unspecified atom stereocenters. The number of nitrogen functional groups attached to an aromatic ring is 2. The highest BCUT2D eigenvalue weighted by Crippen LogP contribution is 2.71. The van der Waals surface area contributed by atoms with Gasteiger partial charge in [-0.25, -0.2) is 38.2 Å².